The van der Waals surface area contributed by atoms with Crippen LogP contribution < -0.4 is 5.32 Å². The molecule has 2 heterocycles. The van der Waals surface area contributed by atoms with Gasteiger partial charge in [0.2, 0.25) is 0 Å². The minimum absolute atomic E-state index is 0.0417. The summed E-state index contributed by atoms with van der Waals surface area (Å²) in [5.41, 5.74) is 3.10. The van der Waals surface area contributed by atoms with Crippen molar-refractivity contribution >= 4 is 43.4 Å². The topological polar surface area (TPSA) is 34.0 Å². The summed E-state index contributed by atoms with van der Waals surface area (Å²) in [5.74, 6) is 0.729. The van der Waals surface area contributed by atoms with Crippen LogP contribution in [0.25, 0.3) is 10.2 Å². The lowest BCUT2D eigenvalue weighted by molar-refractivity contribution is 0.0943. The summed E-state index contributed by atoms with van der Waals surface area (Å²) in [7, 11) is 0. The Balaban J connectivity index is 1.67. The summed E-state index contributed by atoms with van der Waals surface area (Å²) < 4.78 is 4.39. The normalized spacial score (nSPS) is 14.2. The number of carbonyl (C=O) groups is 1. The van der Waals surface area contributed by atoms with Crippen molar-refractivity contribution in [1.82, 2.24) is 9.88 Å². The van der Waals surface area contributed by atoms with E-state index in [2.05, 4.69) is 50.9 Å². The van der Waals surface area contributed by atoms with Crippen LogP contribution in [0.2, 0.25) is 0 Å². The molecule has 0 saturated heterocycles. The number of aryl methyl sites for hydroxylation is 1. The molecule has 24 heavy (non-hydrogen) atoms. The first-order chi connectivity index (χ1) is 11.6. The Morgan fingerprint density at radius 1 is 1.29 bits per heavy atom. The van der Waals surface area contributed by atoms with Gasteiger partial charge in [-0.15, -0.1) is 11.3 Å². The highest BCUT2D eigenvalue weighted by Gasteiger charge is 2.23. The second-order valence-corrected chi connectivity index (χ2v) is 8.71. The summed E-state index contributed by atoms with van der Waals surface area (Å²) in [4.78, 5) is 13.9. The zero-order valence-corrected chi connectivity index (χ0v) is 15.9. The predicted octanol–water partition coefficient (Wildman–Crippen LogP) is 4.96. The van der Waals surface area contributed by atoms with Crippen LogP contribution >= 0.6 is 27.3 Å². The first-order valence-electron chi connectivity index (χ1n) is 8.22. The Morgan fingerprint density at radius 2 is 2.04 bits per heavy atom. The van der Waals surface area contributed by atoms with Gasteiger partial charge in [-0.25, -0.2) is 0 Å². The molecule has 0 aliphatic heterocycles. The van der Waals surface area contributed by atoms with Crippen molar-refractivity contribution in [2.75, 3.05) is 6.54 Å². The van der Waals surface area contributed by atoms with Gasteiger partial charge in [0.05, 0.1) is 10.2 Å². The Kier molecular flexibility index (Phi) is 4.22. The molecule has 1 amide bonds. The molecule has 2 aromatic heterocycles. The monoisotopic (exact) mass is 402 g/mol. The van der Waals surface area contributed by atoms with E-state index in [0.29, 0.717) is 12.5 Å². The molecule has 1 aromatic carbocycles. The van der Waals surface area contributed by atoms with Crippen molar-refractivity contribution in [3.63, 3.8) is 0 Å². The number of nitrogens with zero attached hydrogens (tertiary/aromatic N) is 1. The van der Waals surface area contributed by atoms with Crippen molar-refractivity contribution < 1.29 is 4.79 Å². The molecule has 0 spiro atoms. The van der Waals surface area contributed by atoms with Gasteiger partial charge in [0.25, 0.3) is 5.91 Å². The van der Waals surface area contributed by atoms with Gasteiger partial charge in [0, 0.05) is 22.4 Å². The zero-order valence-electron chi connectivity index (χ0n) is 13.5. The SMILES string of the molecule is Cc1cc2c(cc(C(=O)NCC3CC3)n2Cc2ccc(Br)cc2)s1. The fourth-order valence-electron chi connectivity index (χ4n) is 2.95. The predicted molar refractivity (Wildman–Crippen MR) is 103 cm³/mol. The van der Waals surface area contributed by atoms with E-state index in [9.17, 15) is 4.79 Å². The van der Waals surface area contributed by atoms with Crippen molar-refractivity contribution in [1.29, 1.82) is 0 Å². The molecule has 0 bridgehead atoms. The van der Waals surface area contributed by atoms with Gasteiger partial charge in [0.15, 0.2) is 0 Å². The van der Waals surface area contributed by atoms with Crippen molar-refractivity contribution in [2.24, 2.45) is 5.92 Å². The third-order valence-electron chi connectivity index (χ3n) is 4.45. The fourth-order valence-corrected chi connectivity index (χ4v) is 4.17. The number of hydrogen-bond donors (Lipinski definition) is 1. The fraction of sp³-hybridized carbons (Fsp3) is 0.316. The van der Waals surface area contributed by atoms with Gasteiger partial charge in [-0.05, 0) is 55.5 Å². The molecule has 124 valence electrons. The maximum absolute atomic E-state index is 12.7. The number of benzene rings is 1. The number of aromatic nitrogens is 1. The Hall–Kier alpha value is -1.59. The highest BCUT2D eigenvalue weighted by Crippen LogP contribution is 2.30. The van der Waals surface area contributed by atoms with Gasteiger partial charge >= 0.3 is 0 Å². The maximum atomic E-state index is 12.7. The third kappa shape index (κ3) is 3.28. The Bertz CT molecular complexity index is 890. The summed E-state index contributed by atoms with van der Waals surface area (Å²) in [6.45, 7) is 3.62. The molecule has 5 heteroatoms. The summed E-state index contributed by atoms with van der Waals surface area (Å²) in [5, 5.41) is 3.10. The smallest absolute Gasteiger partial charge is 0.267 e. The maximum Gasteiger partial charge on any atom is 0.267 e. The minimum Gasteiger partial charge on any atom is -0.350 e. The standard InChI is InChI=1S/C19H19BrN2OS/c1-12-8-16-18(24-12)9-17(19(23)21-10-13-2-3-13)22(16)11-14-4-6-15(20)7-5-14/h4-9,13H,2-3,10-11H2,1H3,(H,21,23). The Labute approximate surface area is 153 Å². The van der Waals surface area contributed by atoms with Crippen molar-refractivity contribution in [2.45, 2.75) is 26.3 Å². The highest BCUT2D eigenvalue weighted by molar-refractivity contribution is 9.10. The minimum atomic E-state index is 0.0417. The van der Waals surface area contributed by atoms with E-state index >= 15 is 0 Å². The van der Waals surface area contributed by atoms with Crippen molar-refractivity contribution in [3.05, 3.63) is 57.0 Å². The number of fused-ring (bicyclic) bond motifs is 1. The summed E-state index contributed by atoms with van der Waals surface area (Å²) >= 11 is 5.22. The van der Waals surface area contributed by atoms with Gasteiger partial charge in [-0.2, -0.15) is 0 Å². The lowest BCUT2D eigenvalue weighted by Gasteiger charge is -2.11. The van der Waals surface area contributed by atoms with Crippen molar-refractivity contribution in [3.8, 4) is 0 Å². The van der Waals surface area contributed by atoms with Crippen LogP contribution in [0.3, 0.4) is 0 Å². The number of amides is 1. The second kappa shape index (κ2) is 6.37. The van der Waals surface area contributed by atoms with Crippen LogP contribution in [0.5, 0.6) is 0 Å². The van der Waals surface area contributed by atoms with Crippen LogP contribution in [0.1, 0.15) is 33.8 Å². The lowest BCUT2D eigenvalue weighted by Crippen LogP contribution is -2.27. The van der Waals surface area contributed by atoms with E-state index in [-0.39, 0.29) is 5.91 Å². The molecular weight excluding hydrogens is 384 g/mol. The lowest BCUT2D eigenvalue weighted by atomic mass is 10.2. The summed E-state index contributed by atoms with van der Waals surface area (Å²) in [6.07, 6.45) is 2.49. The molecule has 1 N–H and O–H groups in total. The number of rotatable bonds is 5. The van der Waals surface area contributed by atoms with E-state index < -0.39 is 0 Å². The average molecular weight is 403 g/mol. The van der Waals surface area contributed by atoms with Gasteiger partial charge in [-0.1, -0.05) is 28.1 Å². The number of carbonyl (C=O) groups excluding carboxylic acids is 1. The third-order valence-corrected chi connectivity index (χ3v) is 5.96. The second-order valence-electron chi connectivity index (χ2n) is 6.50. The van der Waals surface area contributed by atoms with Gasteiger partial charge in [-0.3, -0.25) is 4.79 Å². The molecule has 0 unspecified atom stereocenters. The zero-order chi connectivity index (χ0) is 16.7. The summed E-state index contributed by atoms with van der Waals surface area (Å²) in [6, 6.07) is 12.5. The van der Waals surface area contributed by atoms with Crippen LogP contribution in [-0.2, 0) is 6.54 Å². The molecule has 3 aromatic rings. The van der Waals surface area contributed by atoms with Gasteiger partial charge in [0.1, 0.15) is 5.69 Å². The first-order valence-corrected chi connectivity index (χ1v) is 9.83. The quantitative estimate of drug-likeness (QED) is 0.642. The number of halogens is 1. The van der Waals surface area contributed by atoms with Crippen LogP contribution in [0.15, 0.2) is 40.9 Å². The molecular formula is C19H19BrN2OS. The van der Waals surface area contributed by atoms with Crippen LogP contribution in [0.4, 0.5) is 0 Å². The molecule has 3 nitrogen and oxygen atoms in total. The highest BCUT2D eigenvalue weighted by atomic mass is 79.9. The number of thiophene rings is 1. The molecule has 0 radical (unpaired) electrons. The molecule has 1 aliphatic rings. The molecule has 4 rings (SSSR count). The van der Waals surface area contributed by atoms with E-state index in [4.69, 9.17) is 0 Å². The largest absolute Gasteiger partial charge is 0.350 e. The van der Waals surface area contributed by atoms with E-state index in [1.807, 2.05) is 18.2 Å². The van der Waals surface area contributed by atoms with Gasteiger partial charge < -0.3 is 9.88 Å². The van der Waals surface area contributed by atoms with E-state index in [1.54, 1.807) is 11.3 Å². The average Bonchev–Trinajstić information content (AvgIpc) is 3.24. The van der Waals surface area contributed by atoms with E-state index in [1.165, 1.54) is 28.0 Å². The molecule has 1 saturated carbocycles. The number of nitrogens with one attached hydrogen (secondary N) is 1. The molecule has 0 atom stereocenters. The molecule has 1 fully saturated rings. The first kappa shape index (κ1) is 15.9. The van der Waals surface area contributed by atoms with Crippen LogP contribution in [-0.4, -0.2) is 17.0 Å². The van der Waals surface area contributed by atoms with Crippen LogP contribution in [0, 0.1) is 12.8 Å². The molecule has 1 aliphatic carbocycles. The number of hydrogen-bond acceptors (Lipinski definition) is 2. The van der Waals surface area contributed by atoms with E-state index in [0.717, 1.165) is 22.2 Å². The Morgan fingerprint density at radius 3 is 2.75 bits per heavy atom.